The van der Waals surface area contributed by atoms with E-state index in [-0.39, 0.29) is 10.6 Å². The number of alkyl halides is 2. The highest BCUT2D eigenvalue weighted by Gasteiger charge is 2.21. The topological polar surface area (TPSA) is 56.1 Å². The van der Waals surface area contributed by atoms with E-state index in [1.165, 1.54) is 10.7 Å². The summed E-state index contributed by atoms with van der Waals surface area (Å²) in [5.74, 6) is -0.0667. The molecule has 0 bridgehead atoms. The minimum absolute atomic E-state index is 0.110. The van der Waals surface area contributed by atoms with Crippen molar-refractivity contribution in [2.75, 3.05) is 5.32 Å². The number of amides is 1. The summed E-state index contributed by atoms with van der Waals surface area (Å²) in [4.78, 5) is 13.1. The third-order valence-electron chi connectivity index (χ3n) is 3.00. The normalized spacial score (nSPS) is 11.0. The fourth-order valence-corrected chi connectivity index (χ4v) is 2.77. The average Bonchev–Trinajstić information content (AvgIpc) is 2.84. The number of rotatable bonds is 4. The Hall–Kier alpha value is -1.96. The number of carbonyl (C=O) groups excluding carboxylic acids is 1. The van der Waals surface area contributed by atoms with Crippen LogP contribution in [0.15, 0.2) is 6.07 Å². The molecule has 1 amide bonds. The van der Waals surface area contributed by atoms with Crippen LogP contribution < -0.4 is 10.1 Å². The number of nitrogens with zero attached hydrogens (tertiary/aromatic N) is 2. The van der Waals surface area contributed by atoms with Gasteiger partial charge in [-0.3, -0.25) is 9.48 Å². The van der Waals surface area contributed by atoms with E-state index in [4.69, 9.17) is 0 Å². The molecule has 2 rings (SSSR count). The molecular formula is C13H15F2N3O2S. The Kier molecular flexibility index (Phi) is 4.26. The van der Waals surface area contributed by atoms with Crippen molar-refractivity contribution in [3.05, 3.63) is 27.1 Å². The van der Waals surface area contributed by atoms with E-state index in [9.17, 15) is 13.6 Å². The monoisotopic (exact) mass is 315 g/mol. The van der Waals surface area contributed by atoms with Gasteiger partial charge in [0.2, 0.25) is 0 Å². The highest BCUT2D eigenvalue weighted by molar-refractivity contribution is 7.14. The lowest BCUT2D eigenvalue weighted by molar-refractivity contribution is -0.0498. The molecule has 5 nitrogen and oxygen atoms in total. The SMILES string of the molecule is Cc1cc(OC(F)F)c(C(=O)Nc2c(C)c(C)nn2C)s1. The van der Waals surface area contributed by atoms with Gasteiger partial charge in [-0.2, -0.15) is 13.9 Å². The van der Waals surface area contributed by atoms with Crippen LogP contribution in [0.25, 0.3) is 0 Å². The lowest BCUT2D eigenvalue weighted by atomic mass is 10.2. The maximum Gasteiger partial charge on any atom is 0.387 e. The van der Waals surface area contributed by atoms with Crippen molar-refractivity contribution in [1.29, 1.82) is 0 Å². The van der Waals surface area contributed by atoms with Crippen LogP contribution in [0.3, 0.4) is 0 Å². The van der Waals surface area contributed by atoms with E-state index >= 15 is 0 Å². The van der Waals surface area contributed by atoms with Crippen molar-refractivity contribution in [2.45, 2.75) is 27.4 Å². The summed E-state index contributed by atoms with van der Waals surface area (Å²) in [6.07, 6.45) is 0. The molecule has 0 fully saturated rings. The first-order valence-electron chi connectivity index (χ1n) is 6.16. The number of thiophene rings is 1. The van der Waals surface area contributed by atoms with Crippen LogP contribution in [0.4, 0.5) is 14.6 Å². The van der Waals surface area contributed by atoms with Gasteiger partial charge in [-0.15, -0.1) is 11.3 Å². The Morgan fingerprint density at radius 2 is 2.10 bits per heavy atom. The number of aromatic nitrogens is 2. The van der Waals surface area contributed by atoms with E-state index in [0.717, 1.165) is 22.6 Å². The Bertz CT molecular complexity index is 679. The van der Waals surface area contributed by atoms with E-state index < -0.39 is 12.5 Å². The molecule has 8 heteroatoms. The third-order valence-corrected chi connectivity index (χ3v) is 4.03. The predicted octanol–water partition coefficient (Wildman–Crippen LogP) is 3.26. The summed E-state index contributed by atoms with van der Waals surface area (Å²) in [6.45, 7) is 2.41. The van der Waals surface area contributed by atoms with Gasteiger partial charge in [0.1, 0.15) is 16.4 Å². The van der Waals surface area contributed by atoms with Crippen LogP contribution in [-0.2, 0) is 7.05 Å². The average molecular weight is 315 g/mol. The zero-order valence-corrected chi connectivity index (χ0v) is 12.8. The Balaban J connectivity index is 2.28. The first kappa shape index (κ1) is 15.4. The third kappa shape index (κ3) is 3.21. The van der Waals surface area contributed by atoms with E-state index in [2.05, 4.69) is 15.2 Å². The van der Waals surface area contributed by atoms with Crippen molar-refractivity contribution < 1.29 is 18.3 Å². The van der Waals surface area contributed by atoms with Gasteiger partial charge in [0.05, 0.1) is 5.69 Å². The summed E-state index contributed by atoms with van der Waals surface area (Å²) in [6, 6.07) is 1.42. The van der Waals surface area contributed by atoms with Crippen LogP contribution in [0.5, 0.6) is 5.75 Å². The Morgan fingerprint density at radius 3 is 2.62 bits per heavy atom. The first-order valence-corrected chi connectivity index (χ1v) is 6.98. The molecule has 114 valence electrons. The van der Waals surface area contributed by atoms with Crippen molar-refractivity contribution in [1.82, 2.24) is 9.78 Å². The molecule has 2 heterocycles. The maximum atomic E-state index is 12.4. The Morgan fingerprint density at radius 1 is 1.43 bits per heavy atom. The molecular weight excluding hydrogens is 300 g/mol. The minimum atomic E-state index is -2.97. The second kappa shape index (κ2) is 5.80. The van der Waals surface area contributed by atoms with Crippen molar-refractivity contribution in [3.8, 4) is 5.75 Å². The molecule has 0 unspecified atom stereocenters. The summed E-state index contributed by atoms with van der Waals surface area (Å²) in [7, 11) is 1.70. The summed E-state index contributed by atoms with van der Waals surface area (Å²) >= 11 is 1.10. The smallest absolute Gasteiger partial charge is 0.387 e. The molecule has 0 spiro atoms. The molecule has 2 aromatic heterocycles. The molecule has 0 aliphatic carbocycles. The van der Waals surface area contributed by atoms with Gasteiger partial charge in [-0.1, -0.05) is 0 Å². The molecule has 0 saturated carbocycles. The zero-order valence-electron chi connectivity index (χ0n) is 12.0. The van der Waals surface area contributed by atoms with Gasteiger partial charge >= 0.3 is 6.61 Å². The Labute approximate surface area is 124 Å². The van der Waals surface area contributed by atoms with Gasteiger partial charge in [-0.05, 0) is 26.8 Å². The van der Waals surface area contributed by atoms with Crippen LogP contribution in [0, 0.1) is 20.8 Å². The number of hydrogen-bond donors (Lipinski definition) is 1. The van der Waals surface area contributed by atoms with Gasteiger partial charge in [0.15, 0.2) is 0 Å². The molecule has 21 heavy (non-hydrogen) atoms. The van der Waals surface area contributed by atoms with Gasteiger partial charge < -0.3 is 10.1 Å². The van der Waals surface area contributed by atoms with E-state index in [1.54, 1.807) is 14.0 Å². The van der Waals surface area contributed by atoms with E-state index in [0.29, 0.717) is 10.7 Å². The second-order valence-electron chi connectivity index (χ2n) is 4.57. The molecule has 0 aliphatic rings. The standard InChI is InChI=1S/C13H15F2N3O2S/c1-6-5-9(20-13(14)15)10(21-6)12(19)16-11-7(2)8(3)17-18(11)4/h5,13H,1-4H3,(H,16,19). The number of anilines is 1. The molecule has 0 radical (unpaired) electrons. The van der Waals surface area contributed by atoms with Crippen molar-refractivity contribution in [3.63, 3.8) is 0 Å². The number of hydrogen-bond acceptors (Lipinski definition) is 4. The van der Waals surface area contributed by atoms with Gasteiger partial charge in [0.25, 0.3) is 5.91 Å². The number of aryl methyl sites for hydroxylation is 3. The molecule has 0 atom stereocenters. The van der Waals surface area contributed by atoms with Crippen LogP contribution in [0.2, 0.25) is 0 Å². The molecule has 0 aliphatic heterocycles. The fraction of sp³-hybridized carbons (Fsp3) is 0.385. The van der Waals surface area contributed by atoms with Crippen LogP contribution in [0.1, 0.15) is 25.8 Å². The number of ether oxygens (including phenoxy) is 1. The number of carbonyl (C=O) groups is 1. The number of halogens is 2. The lowest BCUT2D eigenvalue weighted by Gasteiger charge is -2.08. The fourth-order valence-electron chi connectivity index (χ4n) is 1.94. The zero-order chi connectivity index (χ0) is 15.7. The molecule has 0 saturated heterocycles. The molecule has 2 aromatic rings. The van der Waals surface area contributed by atoms with Crippen LogP contribution >= 0.6 is 11.3 Å². The predicted molar refractivity (Wildman–Crippen MR) is 76.3 cm³/mol. The van der Waals surface area contributed by atoms with Gasteiger partial charge in [0, 0.05) is 17.5 Å². The summed E-state index contributed by atoms with van der Waals surface area (Å²) in [5.41, 5.74) is 1.62. The quantitative estimate of drug-likeness (QED) is 0.942. The highest BCUT2D eigenvalue weighted by Crippen LogP contribution is 2.31. The largest absolute Gasteiger partial charge is 0.433 e. The van der Waals surface area contributed by atoms with Crippen molar-refractivity contribution in [2.24, 2.45) is 7.05 Å². The van der Waals surface area contributed by atoms with Crippen LogP contribution in [-0.4, -0.2) is 22.3 Å². The first-order chi connectivity index (χ1) is 9.79. The molecule has 0 aromatic carbocycles. The van der Waals surface area contributed by atoms with Gasteiger partial charge in [-0.25, -0.2) is 0 Å². The van der Waals surface area contributed by atoms with Crippen molar-refractivity contribution >= 4 is 23.1 Å². The summed E-state index contributed by atoms with van der Waals surface area (Å²) < 4.78 is 30.7. The lowest BCUT2D eigenvalue weighted by Crippen LogP contribution is -2.15. The second-order valence-corrected chi connectivity index (χ2v) is 5.82. The molecule has 1 N–H and O–H groups in total. The summed E-state index contributed by atoms with van der Waals surface area (Å²) in [5, 5.41) is 6.88. The highest BCUT2D eigenvalue weighted by atomic mass is 32.1. The maximum absolute atomic E-state index is 12.4. The van der Waals surface area contributed by atoms with E-state index in [1.807, 2.05) is 13.8 Å². The number of nitrogens with one attached hydrogen (secondary N) is 1. The minimum Gasteiger partial charge on any atom is -0.433 e.